The second-order valence-corrected chi connectivity index (χ2v) is 3.68. The molecule has 0 heterocycles. The van der Waals surface area contributed by atoms with E-state index in [1.807, 2.05) is 54.6 Å². The molecule has 84 valence electrons. The average Bonchev–Trinajstić information content (AvgIpc) is 2.40. The van der Waals surface area contributed by atoms with Crippen LogP contribution < -0.4 is 5.73 Å². The Bertz CT molecular complexity index is 544. The zero-order chi connectivity index (χ0) is 12.1. The molecule has 2 rings (SSSR count). The third-order valence-electron chi connectivity index (χ3n) is 2.47. The van der Waals surface area contributed by atoms with Crippen molar-refractivity contribution in [3.8, 4) is 0 Å². The Morgan fingerprint density at radius 3 is 2.35 bits per heavy atom. The first kappa shape index (κ1) is 11.1. The number of carbonyl (C=O) groups excluding carboxylic acids is 1. The number of benzene rings is 2. The zero-order valence-corrected chi connectivity index (χ0v) is 9.34. The van der Waals surface area contributed by atoms with Crippen LogP contribution in [-0.2, 0) is 0 Å². The lowest BCUT2D eigenvalue weighted by Gasteiger charge is -2.02. The van der Waals surface area contributed by atoms with Crippen molar-refractivity contribution < 1.29 is 4.79 Å². The molecule has 0 unspecified atom stereocenters. The smallest absolute Gasteiger partial charge is 0.193 e. The lowest BCUT2D eigenvalue weighted by Crippen LogP contribution is -2.00. The molecule has 2 aromatic rings. The van der Waals surface area contributed by atoms with Crippen LogP contribution in [-0.4, -0.2) is 5.78 Å². The van der Waals surface area contributed by atoms with Gasteiger partial charge in [0.1, 0.15) is 0 Å². The summed E-state index contributed by atoms with van der Waals surface area (Å²) in [5.41, 5.74) is 7.63. The van der Waals surface area contributed by atoms with E-state index in [1.54, 1.807) is 6.08 Å². The summed E-state index contributed by atoms with van der Waals surface area (Å²) in [5, 5.41) is 0. The fraction of sp³-hybridized carbons (Fsp3) is 0. The van der Waals surface area contributed by atoms with Gasteiger partial charge in [0, 0.05) is 11.1 Å². The highest BCUT2D eigenvalue weighted by Gasteiger charge is 2.07. The summed E-state index contributed by atoms with van der Waals surface area (Å²) in [6, 6.07) is 16.6. The molecule has 2 aromatic carbocycles. The van der Waals surface area contributed by atoms with Crippen LogP contribution in [0, 0.1) is 0 Å². The summed E-state index contributed by atoms with van der Waals surface area (Å²) < 4.78 is 0. The van der Waals surface area contributed by atoms with Gasteiger partial charge in [-0.3, -0.25) is 4.79 Å². The van der Waals surface area contributed by atoms with Crippen molar-refractivity contribution in [1.82, 2.24) is 0 Å². The molecule has 2 nitrogen and oxygen atoms in total. The molecule has 0 saturated carbocycles. The lowest BCUT2D eigenvalue weighted by atomic mass is 10.0. The number of hydrogen-bond donors (Lipinski definition) is 1. The van der Waals surface area contributed by atoms with Crippen LogP contribution >= 0.6 is 0 Å². The second-order valence-electron chi connectivity index (χ2n) is 3.68. The Hall–Kier alpha value is -2.35. The van der Waals surface area contributed by atoms with Gasteiger partial charge in [-0.05, 0) is 23.9 Å². The first-order valence-corrected chi connectivity index (χ1v) is 5.39. The minimum absolute atomic E-state index is 0.0258. The highest BCUT2D eigenvalue weighted by Crippen LogP contribution is 2.12. The Kier molecular flexibility index (Phi) is 3.36. The molecule has 0 aliphatic carbocycles. The molecule has 2 heteroatoms. The Morgan fingerprint density at radius 1 is 0.941 bits per heavy atom. The molecule has 0 spiro atoms. The highest BCUT2D eigenvalue weighted by atomic mass is 16.1. The molecular weight excluding hydrogens is 210 g/mol. The van der Waals surface area contributed by atoms with Gasteiger partial charge in [-0.25, -0.2) is 0 Å². The molecule has 0 saturated heterocycles. The van der Waals surface area contributed by atoms with Crippen molar-refractivity contribution in [2.24, 2.45) is 5.73 Å². The predicted molar refractivity (Wildman–Crippen MR) is 69.5 cm³/mol. The minimum Gasteiger partial charge on any atom is -0.405 e. The van der Waals surface area contributed by atoms with Gasteiger partial charge < -0.3 is 5.73 Å². The van der Waals surface area contributed by atoms with E-state index in [0.29, 0.717) is 11.1 Å². The largest absolute Gasteiger partial charge is 0.405 e. The predicted octanol–water partition coefficient (Wildman–Crippen LogP) is 2.85. The molecule has 17 heavy (non-hydrogen) atoms. The van der Waals surface area contributed by atoms with Gasteiger partial charge in [-0.2, -0.15) is 0 Å². The quantitative estimate of drug-likeness (QED) is 0.813. The van der Waals surface area contributed by atoms with Gasteiger partial charge in [0.2, 0.25) is 0 Å². The van der Waals surface area contributed by atoms with Gasteiger partial charge in [0.25, 0.3) is 0 Å². The maximum Gasteiger partial charge on any atom is 0.193 e. The molecule has 0 fully saturated rings. The zero-order valence-electron chi connectivity index (χ0n) is 9.34. The van der Waals surface area contributed by atoms with Crippen LogP contribution in [0.4, 0.5) is 0 Å². The first-order chi connectivity index (χ1) is 8.31. The van der Waals surface area contributed by atoms with Crippen LogP contribution in [0.25, 0.3) is 6.08 Å². The van der Waals surface area contributed by atoms with Gasteiger partial charge in [-0.1, -0.05) is 48.5 Å². The van der Waals surface area contributed by atoms with Gasteiger partial charge in [-0.15, -0.1) is 0 Å². The van der Waals surface area contributed by atoms with Crippen molar-refractivity contribution in [3.05, 3.63) is 77.5 Å². The van der Waals surface area contributed by atoms with E-state index in [4.69, 9.17) is 5.73 Å². The maximum absolute atomic E-state index is 12.1. The van der Waals surface area contributed by atoms with Crippen molar-refractivity contribution >= 4 is 11.9 Å². The summed E-state index contributed by atoms with van der Waals surface area (Å²) in [7, 11) is 0. The third-order valence-corrected chi connectivity index (χ3v) is 2.47. The minimum atomic E-state index is 0.0258. The maximum atomic E-state index is 12.1. The van der Waals surface area contributed by atoms with Gasteiger partial charge in [0.05, 0.1) is 0 Å². The number of carbonyl (C=O) groups is 1. The van der Waals surface area contributed by atoms with Crippen LogP contribution in [0.3, 0.4) is 0 Å². The Labute approximate surface area is 100 Å². The Balaban J connectivity index is 2.35. The van der Waals surface area contributed by atoms with Crippen LogP contribution in [0.1, 0.15) is 21.5 Å². The molecular formula is C15H13NO. The van der Waals surface area contributed by atoms with E-state index in [-0.39, 0.29) is 5.78 Å². The van der Waals surface area contributed by atoms with E-state index in [2.05, 4.69) is 0 Å². The molecule has 0 aliphatic heterocycles. The lowest BCUT2D eigenvalue weighted by molar-refractivity contribution is 0.103. The summed E-state index contributed by atoms with van der Waals surface area (Å²) >= 11 is 0. The van der Waals surface area contributed by atoms with E-state index >= 15 is 0 Å². The van der Waals surface area contributed by atoms with Crippen molar-refractivity contribution in [2.75, 3.05) is 0 Å². The van der Waals surface area contributed by atoms with Gasteiger partial charge in [0.15, 0.2) is 5.78 Å². The number of ketones is 1. The molecule has 0 bridgehead atoms. The summed E-state index contributed by atoms with van der Waals surface area (Å²) in [5.74, 6) is 0.0258. The van der Waals surface area contributed by atoms with Crippen LogP contribution in [0.15, 0.2) is 60.8 Å². The summed E-state index contributed by atoms with van der Waals surface area (Å²) in [6.07, 6.45) is 3.23. The summed E-state index contributed by atoms with van der Waals surface area (Å²) in [4.78, 5) is 12.1. The van der Waals surface area contributed by atoms with E-state index in [0.717, 1.165) is 5.56 Å². The van der Waals surface area contributed by atoms with E-state index < -0.39 is 0 Å². The molecule has 2 N–H and O–H groups in total. The Morgan fingerprint density at radius 2 is 1.65 bits per heavy atom. The normalized spacial score (nSPS) is 10.6. The molecule has 0 atom stereocenters. The monoisotopic (exact) mass is 223 g/mol. The fourth-order valence-corrected chi connectivity index (χ4v) is 1.65. The third kappa shape index (κ3) is 2.61. The standard InChI is InChI=1S/C15H13NO/c16-10-9-12-5-4-8-14(11-12)15(17)13-6-2-1-3-7-13/h1-11H,16H2. The highest BCUT2D eigenvalue weighted by molar-refractivity contribution is 6.09. The number of rotatable bonds is 3. The van der Waals surface area contributed by atoms with Crippen LogP contribution in [0.2, 0.25) is 0 Å². The fourth-order valence-electron chi connectivity index (χ4n) is 1.65. The van der Waals surface area contributed by atoms with Gasteiger partial charge >= 0.3 is 0 Å². The molecule has 0 aliphatic rings. The van der Waals surface area contributed by atoms with Crippen molar-refractivity contribution in [2.45, 2.75) is 0 Å². The number of hydrogen-bond acceptors (Lipinski definition) is 2. The van der Waals surface area contributed by atoms with Crippen LogP contribution in [0.5, 0.6) is 0 Å². The topological polar surface area (TPSA) is 43.1 Å². The molecule has 0 aromatic heterocycles. The second kappa shape index (κ2) is 5.12. The van der Waals surface area contributed by atoms with E-state index in [9.17, 15) is 4.79 Å². The summed E-state index contributed by atoms with van der Waals surface area (Å²) in [6.45, 7) is 0. The average molecular weight is 223 g/mol. The SMILES string of the molecule is NC=Cc1cccc(C(=O)c2ccccc2)c1. The molecule has 0 radical (unpaired) electrons. The number of nitrogens with two attached hydrogens (primary N) is 1. The molecule has 0 amide bonds. The van der Waals surface area contributed by atoms with Crippen molar-refractivity contribution in [1.29, 1.82) is 0 Å². The first-order valence-electron chi connectivity index (χ1n) is 5.39. The van der Waals surface area contributed by atoms with Crippen molar-refractivity contribution in [3.63, 3.8) is 0 Å². The van der Waals surface area contributed by atoms with E-state index in [1.165, 1.54) is 6.20 Å².